The first-order valence-corrected chi connectivity index (χ1v) is 8.29. The summed E-state index contributed by atoms with van der Waals surface area (Å²) in [5, 5.41) is 9.98. The highest BCUT2D eigenvalue weighted by molar-refractivity contribution is 6.32. The van der Waals surface area contributed by atoms with Gasteiger partial charge in [0.15, 0.2) is 5.76 Å². The van der Waals surface area contributed by atoms with Crippen LogP contribution in [0.15, 0.2) is 59.0 Å². The van der Waals surface area contributed by atoms with Crippen LogP contribution < -0.4 is 5.32 Å². The topological polar surface area (TPSA) is 43.0 Å². The molecule has 2 aromatic heterocycles. The Morgan fingerprint density at radius 3 is 2.79 bits per heavy atom. The highest BCUT2D eigenvalue weighted by atomic mass is 35.5. The zero-order valence-corrected chi connectivity index (χ0v) is 13.5. The SMILES string of the molecule is Clc1ccccc1-n1nc(-c2cc3ccccc3o2)c2c1NCC2. The summed E-state index contributed by atoms with van der Waals surface area (Å²) in [6.07, 6.45) is 0.923. The molecule has 0 saturated carbocycles. The predicted octanol–water partition coefficient (Wildman–Crippen LogP) is 4.91. The highest BCUT2D eigenvalue weighted by Crippen LogP contribution is 2.37. The first-order chi connectivity index (χ1) is 11.8. The standard InChI is InChI=1S/C19H14ClN3O/c20-14-6-2-3-7-15(14)23-19-13(9-10-21-19)18(22-23)17-11-12-5-1-4-8-16(12)24-17/h1-8,11,21H,9-10H2. The summed E-state index contributed by atoms with van der Waals surface area (Å²) in [6.45, 7) is 0.894. The quantitative estimate of drug-likeness (QED) is 0.566. The lowest BCUT2D eigenvalue weighted by atomic mass is 10.1. The van der Waals surface area contributed by atoms with E-state index in [1.54, 1.807) is 0 Å². The Hall–Kier alpha value is -2.72. The second-order valence-corrected chi connectivity index (χ2v) is 6.27. The molecule has 0 spiro atoms. The van der Waals surface area contributed by atoms with E-state index in [0.717, 1.165) is 46.9 Å². The van der Waals surface area contributed by atoms with Gasteiger partial charge < -0.3 is 9.73 Å². The molecule has 0 atom stereocenters. The van der Waals surface area contributed by atoms with E-state index in [1.807, 2.05) is 59.3 Å². The fourth-order valence-corrected chi connectivity index (χ4v) is 3.48. The molecular weight excluding hydrogens is 322 g/mol. The number of nitrogens with one attached hydrogen (secondary N) is 1. The van der Waals surface area contributed by atoms with Crippen molar-refractivity contribution >= 4 is 28.4 Å². The van der Waals surface area contributed by atoms with E-state index in [0.29, 0.717) is 5.02 Å². The van der Waals surface area contributed by atoms with Crippen LogP contribution in [-0.4, -0.2) is 16.3 Å². The number of benzene rings is 2. The largest absolute Gasteiger partial charge is 0.454 e. The zero-order valence-electron chi connectivity index (χ0n) is 12.8. The third-order valence-electron chi connectivity index (χ3n) is 4.39. The lowest BCUT2D eigenvalue weighted by Gasteiger charge is -2.07. The van der Waals surface area contributed by atoms with Gasteiger partial charge in [-0.1, -0.05) is 41.9 Å². The molecule has 118 valence electrons. The predicted molar refractivity (Wildman–Crippen MR) is 96.0 cm³/mol. The molecule has 5 heteroatoms. The molecule has 0 bridgehead atoms. The second kappa shape index (κ2) is 5.14. The van der Waals surface area contributed by atoms with Crippen LogP contribution in [0.25, 0.3) is 28.1 Å². The number of para-hydroxylation sites is 2. The Bertz CT molecular complexity index is 1030. The van der Waals surface area contributed by atoms with Crippen molar-refractivity contribution in [3.63, 3.8) is 0 Å². The van der Waals surface area contributed by atoms with Crippen molar-refractivity contribution in [2.45, 2.75) is 6.42 Å². The Labute approximate surface area is 143 Å². The number of hydrogen-bond acceptors (Lipinski definition) is 3. The Kier molecular flexibility index (Phi) is 2.94. The van der Waals surface area contributed by atoms with E-state index in [1.165, 1.54) is 5.56 Å². The number of rotatable bonds is 2. The van der Waals surface area contributed by atoms with E-state index in [9.17, 15) is 0 Å². The summed E-state index contributed by atoms with van der Waals surface area (Å²) >= 11 is 6.37. The van der Waals surface area contributed by atoms with Crippen LogP contribution in [0.4, 0.5) is 5.82 Å². The summed E-state index contributed by atoms with van der Waals surface area (Å²) < 4.78 is 7.90. The number of anilines is 1. The molecule has 4 aromatic rings. The van der Waals surface area contributed by atoms with E-state index in [4.69, 9.17) is 21.1 Å². The number of furan rings is 1. The number of aromatic nitrogens is 2. The molecule has 0 radical (unpaired) electrons. The molecule has 0 saturated heterocycles. The van der Waals surface area contributed by atoms with Gasteiger partial charge in [-0.15, -0.1) is 0 Å². The first-order valence-electron chi connectivity index (χ1n) is 7.91. The summed E-state index contributed by atoms with van der Waals surface area (Å²) in [5.41, 5.74) is 3.80. The molecule has 0 unspecified atom stereocenters. The lowest BCUT2D eigenvalue weighted by molar-refractivity contribution is 0.626. The summed E-state index contributed by atoms with van der Waals surface area (Å²) in [7, 11) is 0. The molecule has 24 heavy (non-hydrogen) atoms. The van der Waals surface area contributed by atoms with Crippen molar-refractivity contribution in [2.75, 3.05) is 11.9 Å². The van der Waals surface area contributed by atoms with Crippen LogP contribution >= 0.6 is 11.6 Å². The average molecular weight is 336 g/mol. The molecule has 0 amide bonds. The number of nitrogens with zero attached hydrogens (tertiary/aromatic N) is 2. The zero-order chi connectivity index (χ0) is 16.1. The van der Waals surface area contributed by atoms with Crippen LogP contribution in [-0.2, 0) is 6.42 Å². The van der Waals surface area contributed by atoms with E-state index in [-0.39, 0.29) is 0 Å². The molecule has 2 aromatic carbocycles. The van der Waals surface area contributed by atoms with Crippen LogP contribution in [0.1, 0.15) is 5.56 Å². The molecule has 5 rings (SSSR count). The molecule has 1 N–H and O–H groups in total. The molecule has 0 fully saturated rings. The van der Waals surface area contributed by atoms with Crippen LogP contribution in [0.3, 0.4) is 0 Å². The van der Waals surface area contributed by atoms with Gasteiger partial charge in [0.2, 0.25) is 0 Å². The smallest absolute Gasteiger partial charge is 0.156 e. The molecule has 0 aliphatic carbocycles. The summed E-state index contributed by atoms with van der Waals surface area (Å²) in [4.78, 5) is 0. The fourth-order valence-electron chi connectivity index (χ4n) is 3.27. The van der Waals surface area contributed by atoms with Gasteiger partial charge in [-0.2, -0.15) is 5.10 Å². The van der Waals surface area contributed by atoms with Crippen molar-refractivity contribution in [3.05, 3.63) is 65.2 Å². The van der Waals surface area contributed by atoms with Crippen molar-refractivity contribution < 1.29 is 4.42 Å². The Morgan fingerprint density at radius 1 is 1.08 bits per heavy atom. The van der Waals surface area contributed by atoms with Crippen LogP contribution in [0, 0.1) is 0 Å². The molecule has 4 nitrogen and oxygen atoms in total. The fraction of sp³-hybridized carbons (Fsp3) is 0.105. The molecule has 1 aliphatic rings. The van der Waals surface area contributed by atoms with Gasteiger partial charge in [0, 0.05) is 17.5 Å². The van der Waals surface area contributed by atoms with Gasteiger partial charge in [0.25, 0.3) is 0 Å². The minimum atomic E-state index is 0.674. The first kappa shape index (κ1) is 13.7. The van der Waals surface area contributed by atoms with Gasteiger partial charge in [0.05, 0.1) is 10.7 Å². The van der Waals surface area contributed by atoms with Crippen molar-refractivity contribution in [1.29, 1.82) is 0 Å². The monoisotopic (exact) mass is 335 g/mol. The summed E-state index contributed by atoms with van der Waals surface area (Å²) in [6, 6.07) is 17.8. The van der Waals surface area contributed by atoms with Crippen molar-refractivity contribution in [2.24, 2.45) is 0 Å². The maximum atomic E-state index is 6.37. The molecular formula is C19H14ClN3O. The average Bonchev–Trinajstić information content (AvgIpc) is 3.29. The van der Waals surface area contributed by atoms with Gasteiger partial charge in [0.1, 0.15) is 17.1 Å². The minimum absolute atomic E-state index is 0.674. The lowest BCUT2D eigenvalue weighted by Crippen LogP contribution is -2.04. The van der Waals surface area contributed by atoms with Gasteiger partial charge in [-0.05, 0) is 30.7 Å². The normalized spacial score (nSPS) is 13.2. The maximum Gasteiger partial charge on any atom is 0.156 e. The van der Waals surface area contributed by atoms with Gasteiger partial charge in [-0.25, -0.2) is 4.68 Å². The minimum Gasteiger partial charge on any atom is -0.454 e. The van der Waals surface area contributed by atoms with Gasteiger partial charge >= 0.3 is 0 Å². The maximum absolute atomic E-state index is 6.37. The highest BCUT2D eigenvalue weighted by Gasteiger charge is 2.26. The third kappa shape index (κ3) is 1.96. The Morgan fingerprint density at radius 2 is 1.92 bits per heavy atom. The number of hydrogen-bond donors (Lipinski definition) is 1. The van der Waals surface area contributed by atoms with Gasteiger partial charge in [-0.3, -0.25) is 0 Å². The summed E-state index contributed by atoms with van der Waals surface area (Å²) in [5.74, 6) is 1.79. The van der Waals surface area contributed by atoms with E-state index >= 15 is 0 Å². The Balaban J connectivity index is 1.73. The van der Waals surface area contributed by atoms with E-state index in [2.05, 4.69) is 5.32 Å². The van der Waals surface area contributed by atoms with Crippen LogP contribution in [0.5, 0.6) is 0 Å². The third-order valence-corrected chi connectivity index (χ3v) is 4.71. The second-order valence-electron chi connectivity index (χ2n) is 5.86. The van der Waals surface area contributed by atoms with Crippen LogP contribution in [0.2, 0.25) is 5.02 Å². The van der Waals surface area contributed by atoms with E-state index < -0.39 is 0 Å². The molecule has 1 aliphatic heterocycles. The van der Waals surface area contributed by atoms with Crippen molar-refractivity contribution in [1.82, 2.24) is 9.78 Å². The molecule has 3 heterocycles. The number of fused-ring (bicyclic) bond motifs is 2. The number of halogens is 1. The van der Waals surface area contributed by atoms with Crippen molar-refractivity contribution in [3.8, 4) is 17.1 Å².